The Morgan fingerprint density at radius 3 is 2.06 bits per heavy atom. The molecule has 3 nitrogen and oxygen atoms in total. The first-order chi connectivity index (χ1) is 16.2. The third-order valence-electron chi connectivity index (χ3n) is 7.19. The van der Waals surface area contributed by atoms with Crippen LogP contribution in [-0.2, 0) is 0 Å². The van der Waals surface area contributed by atoms with E-state index in [0.717, 1.165) is 11.3 Å². The smallest absolute Gasteiger partial charge is 0.191 e. The number of Topliss-reactive ketones (excluding diaryl/α,β-unsaturated/α-hetero) is 1. The van der Waals surface area contributed by atoms with E-state index in [1.54, 1.807) is 0 Å². The molecule has 2 atom stereocenters. The third-order valence-corrected chi connectivity index (χ3v) is 7.19. The summed E-state index contributed by atoms with van der Waals surface area (Å²) in [5.74, 6) is 0.513. The highest BCUT2D eigenvalue weighted by molar-refractivity contribution is 6.10. The van der Waals surface area contributed by atoms with Gasteiger partial charge in [-0.3, -0.25) is 4.79 Å². The van der Waals surface area contributed by atoms with E-state index >= 15 is 0 Å². The summed E-state index contributed by atoms with van der Waals surface area (Å²) in [5, 5.41) is 11.1. The van der Waals surface area contributed by atoms with Crippen molar-refractivity contribution in [3.63, 3.8) is 0 Å². The Morgan fingerprint density at radius 2 is 1.39 bits per heavy atom. The standard InChI is InChI=1S/C30H31NO2/c32-29-20-27(24-12-6-2-7-13-24)28(30(33)25-14-8-3-9-15-25)21-31(29)26-18-16-23(17-19-26)22-10-4-1-5-11-22/h2-3,6-9,12-19,21-22,27,29,32H,1,4-5,10-11,20H2/t27-,29+/m0/s1. The van der Waals surface area contributed by atoms with Gasteiger partial charge in [-0.1, -0.05) is 92.1 Å². The lowest BCUT2D eigenvalue weighted by Gasteiger charge is -2.36. The van der Waals surface area contributed by atoms with E-state index in [0.29, 0.717) is 23.5 Å². The van der Waals surface area contributed by atoms with Gasteiger partial charge in [-0.15, -0.1) is 0 Å². The van der Waals surface area contributed by atoms with Crippen LogP contribution in [0.1, 0.15) is 71.8 Å². The van der Waals surface area contributed by atoms with Crippen LogP contribution in [0.3, 0.4) is 0 Å². The lowest BCUT2D eigenvalue weighted by molar-refractivity contribution is 0.101. The summed E-state index contributed by atoms with van der Waals surface area (Å²) in [5.41, 5.74) is 4.76. The van der Waals surface area contributed by atoms with Crippen molar-refractivity contribution in [3.8, 4) is 0 Å². The van der Waals surface area contributed by atoms with E-state index in [2.05, 4.69) is 24.3 Å². The largest absolute Gasteiger partial charge is 0.373 e. The number of hydrogen-bond donors (Lipinski definition) is 1. The molecule has 3 aromatic rings. The molecule has 1 aliphatic carbocycles. The molecular weight excluding hydrogens is 406 g/mol. The molecule has 0 spiro atoms. The number of carbonyl (C=O) groups is 1. The zero-order chi connectivity index (χ0) is 22.6. The molecular formula is C30H31NO2. The molecule has 1 N–H and O–H groups in total. The Hall–Kier alpha value is -3.17. The number of carbonyl (C=O) groups excluding carboxylic acids is 1. The molecule has 2 aliphatic rings. The Labute approximate surface area is 196 Å². The second-order valence-electron chi connectivity index (χ2n) is 9.29. The predicted molar refractivity (Wildman–Crippen MR) is 133 cm³/mol. The fraction of sp³-hybridized carbons (Fsp3) is 0.300. The van der Waals surface area contributed by atoms with Crippen molar-refractivity contribution < 1.29 is 9.90 Å². The summed E-state index contributed by atoms with van der Waals surface area (Å²) < 4.78 is 0. The molecule has 5 rings (SSSR count). The van der Waals surface area contributed by atoms with Crippen LogP contribution in [0.2, 0.25) is 0 Å². The van der Waals surface area contributed by atoms with Crippen molar-refractivity contribution in [3.05, 3.63) is 113 Å². The minimum Gasteiger partial charge on any atom is -0.373 e. The molecule has 3 heteroatoms. The van der Waals surface area contributed by atoms with Crippen molar-refractivity contribution >= 4 is 11.5 Å². The van der Waals surface area contributed by atoms with Crippen LogP contribution in [0.4, 0.5) is 5.69 Å². The van der Waals surface area contributed by atoms with E-state index in [4.69, 9.17) is 0 Å². The van der Waals surface area contributed by atoms with Gasteiger partial charge in [-0.2, -0.15) is 0 Å². The molecule has 0 aromatic heterocycles. The zero-order valence-corrected chi connectivity index (χ0v) is 18.9. The summed E-state index contributed by atoms with van der Waals surface area (Å²) in [4.78, 5) is 15.4. The van der Waals surface area contributed by atoms with Crippen LogP contribution in [0.5, 0.6) is 0 Å². The lowest BCUT2D eigenvalue weighted by atomic mass is 9.81. The van der Waals surface area contributed by atoms with Gasteiger partial charge in [-0.05, 0) is 42.0 Å². The molecule has 168 valence electrons. The van der Waals surface area contributed by atoms with Gasteiger partial charge in [0.1, 0.15) is 6.23 Å². The number of hydrogen-bond acceptors (Lipinski definition) is 3. The van der Waals surface area contributed by atoms with E-state index in [9.17, 15) is 9.90 Å². The maximum absolute atomic E-state index is 13.6. The van der Waals surface area contributed by atoms with E-state index in [-0.39, 0.29) is 11.7 Å². The van der Waals surface area contributed by atoms with Gasteiger partial charge in [0.15, 0.2) is 5.78 Å². The quantitative estimate of drug-likeness (QED) is 0.446. The minimum atomic E-state index is -0.692. The molecule has 0 radical (unpaired) electrons. The molecule has 1 saturated carbocycles. The molecule has 1 aliphatic heterocycles. The number of aliphatic hydroxyl groups excluding tert-OH is 1. The average molecular weight is 438 g/mol. The van der Waals surface area contributed by atoms with Gasteiger partial charge in [0.2, 0.25) is 0 Å². The maximum atomic E-state index is 13.6. The van der Waals surface area contributed by atoms with Crippen molar-refractivity contribution in [1.82, 2.24) is 0 Å². The predicted octanol–water partition coefficient (Wildman–Crippen LogP) is 6.81. The Bertz CT molecular complexity index is 1100. The average Bonchev–Trinajstić information content (AvgIpc) is 2.90. The van der Waals surface area contributed by atoms with E-state index in [1.807, 2.05) is 71.8 Å². The summed E-state index contributed by atoms with van der Waals surface area (Å²) in [6, 6.07) is 28.1. The highest BCUT2D eigenvalue weighted by Gasteiger charge is 2.33. The Morgan fingerprint density at radius 1 is 0.758 bits per heavy atom. The Kier molecular flexibility index (Phi) is 6.41. The van der Waals surface area contributed by atoms with Crippen molar-refractivity contribution in [2.45, 2.75) is 56.6 Å². The maximum Gasteiger partial charge on any atom is 0.191 e. The number of ketones is 1. The highest BCUT2D eigenvalue weighted by atomic mass is 16.3. The second-order valence-corrected chi connectivity index (χ2v) is 9.29. The molecule has 3 aromatic carbocycles. The minimum absolute atomic E-state index is 0.0141. The zero-order valence-electron chi connectivity index (χ0n) is 18.9. The van der Waals surface area contributed by atoms with Crippen LogP contribution >= 0.6 is 0 Å². The van der Waals surface area contributed by atoms with E-state index in [1.165, 1.54) is 37.7 Å². The summed E-state index contributed by atoms with van der Waals surface area (Å²) in [6.07, 6.45) is 8.15. The van der Waals surface area contributed by atoms with Crippen molar-refractivity contribution in [1.29, 1.82) is 0 Å². The van der Waals surface area contributed by atoms with Gasteiger partial charge >= 0.3 is 0 Å². The van der Waals surface area contributed by atoms with Gasteiger partial charge in [0.25, 0.3) is 0 Å². The number of nitrogens with zero attached hydrogens (tertiary/aromatic N) is 1. The van der Waals surface area contributed by atoms with Crippen LogP contribution in [0.15, 0.2) is 96.7 Å². The van der Waals surface area contributed by atoms with Crippen LogP contribution in [0.25, 0.3) is 0 Å². The SMILES string of the molecule is O=C(C1=CN(c2ccc(C3CCCCC3)cc2)[C@H](O)C[C@H]1c1ccccc1)c1ccccc1. The first kappa shape index (κ1) is 21.7. The number of allylic oxidation sites excluding steroid dienone is 1. The van der Waals surface area contributed by atoms with Gasteiger partial charge < -0.3 is 10.0 Å². The number of benzene rings is 3. The van der Waals surface area contributed by atoms with Crippen LogP contribution in [-0.4, -0.2) is 17.1 Å². The summed E-state index contributed by atoms with van der Waals surface area (Å²) in [6.45, 7) is 0. The number of aliphatic hydroxyl groups is 1. The summed E-state index contributed by atoms with van der Waals surface area (Å²) in [7, 11) is 0. The third kappa shape index (κ3) is 4.65. The Balaban J connectivity index is 1.49. The molecule has 1 fully saturated rings. The summed E-state index contributed by atoms with van der Waals surface area (Å²) >= 11 is 0. The van der Waals surface area contributed by atoms with Crippen LogP contribution < -0.4 is 4.90 Å². The molecule has 0 unspecified atom stereocenters. The van der Waals surface area contributed by atoms with Crippen molar-refractivity contribution in [2.24, 2.45) is 0 Å². The number of rotatable bonds is 5. The van der Waals surface area contributed by atoms with E-state index < -0.39 is 6.23 Å². The van der Waals surface area contributed by atoms with Crippen molar-refractivity contribution in [2.75, 3.05) is 4.90 Å². The van der Waals surface area contributed by atoms with Gasteiger partial charge in [-0.25, -0.2) is 0 Å². The highest BCUT2D eigenvalue weighted by Crippen LogP contribution is 2.39. The molecule has 0 bridgehead atoms. The first-order valence-corrected chi connectivity index (χ1v) is 12.1. The normalized spacial score (nSPS) is 21.5. The molecule has 33 heavy (non-hydrogen) atoms. The molecule has 0 saturated heterocycles. The number of anilines is 1. The monoisotopic (exact) mass is 437 g/mol. The second kappa shape index (κ2) is 9.76. The molecule has 1 heterocycles. The fourth-order valence-corrected chi connectivity index (χ4v) is 5.35. The topological polar surface area (TPSA) is 40.5 Å². The lowest BCUT2D eigenvalue weighted by Crippen LogP contribution is -2.38. The van der Waals surface area contributed by atoms with Gasteiger partial charge in [0.05, 0.1) is 0 Å². The molecule has 0 amide bonds. The van der Waals surface area contributed by atoms with Gasteiger partial charge in [0, 0.05) is 35.4 Å². The fourth-order valence-electron chi connectivity index (χ4n) is 5.35. The van der Waals surface area contributed by atoms with Crippen LogP contribution in [0, 0.1) is 0 Å². The first-order valence-electron chi connectivity index (χ1n) is 12.1.